The number of hydrogen-bond acceptors (Lipinski definition) is 4. The fourth-order valence-corrected chi connectivity index (χ4v) is 2.50. The van der Waals surface area contributed by atoms with E-state index in [-0.39, 0.29) is 0 Å². The topological polar surface area (TPSA) is 39.7 Å². The fourth-order valence-electron chi connectivity index (χ4n) is 2.50. The van der Waals surface area contributed by atoms with Crippen molar-refractivity contribution in [2.75, 3.05) is 36.5 Å². The van der Waals surface area contributed by atoms with Crippen LogP contribution in [0, 0.1) is 6.92 Å². The van der Waals surface area contributed by atoms with Crippen LogP contribution in [0.2, 0.25) is 0 Å². The van der Waals surface area contributed by atoms with E-state index in [4.69, 9.17) is 0 Å². The molecule has 2 aromatic rings. The van der Waals surface area contributed by atoms with Gasteiger partial charge in [0.25, 0.3) is 0 Å². The summed E-state index contributed by atoms with van der Waals surface area (Å²) in [6.45, 7) is 10.3. The molecule has 0 atom stereocenters. The minimum atomic E-state index is 0.999. The van der Waals surface area contributed by atoms with Gasteiger partial charge < -0.3 is 10.2 Å². The van der Waals surface area contributed by atoms with Crippen LogP contribution in [0.1, 0.15) is 25.0 Å². The van der Waals surface area contributed by atoms with E-state index >= 15 is 0 Å². The van der Waals surface area contributed by atoms with Gasteiger partial charge >= 0.3 is 0 Å². The molecule has 0 amide bonds. The van der Waals surface area contributed by atoms with E-state index in [9.17, 15) is 0 Å². The van der Waals surface area contributed by atoms with Crippen molar-refractivity contribution in [2.45, 2.75) is 20.8 Å². The molecule has 1 fully saturated rings. The first-order valence-electron chi connectivity index (χ1n) is 8.73. The highest BCUT2D eigenvalue weighted by molar-refractivity contribution is 5.81. The van der Waals surface area contributed by atoms with Gasteiger partial charge in [0.2, 0.25) is 0 Å². The molecule has 0 unspecified atom stereocenters. The minimum absolute atomic E-state index is 0.999. The third-order valence-corrected chi connectivity index (χ3v) is 3.83. The van der Waals surface area contributed by atoms with Crippen LogP contribution in [0.15, 0.2) is 53.6 Å². The Morgan fingerprint density at radius 2 is 1.58 bits per heavy atom. The Kier molecular flexibility index (Phi) is 7.30. The number of aryl methyl sites for hydroxylation is 1. The van der Waals surface area contributed by atoms with E-state index in [1.807, 2.05) is 32.2 Å². The molecule has 0 bridgehead atoms. The van der Waals surface area contributed by atoms with Crippen LogP contribution in [0.5, 0.6) is 0 Å². The van der Waals surface area contributed by atoms with Crippen molar-refractivity contribution in [3.05, 3.63) is 59.7 Å². The molecular weight excluding hydrogens is 296 g/mol. The molecule has 2 N–H and O–H groups in total. The summed E-state index contributed by atoms with van der Waals surface area (Å²) in [5, 5.41) is 7.66. The predicted octanol–water partition coefficient (Wildman–Crippen LogP) is 3.88. The van der Waals surface area contributed by atoms with E-state index < -0.39 is 0 Å². The summed E-state index contributed by atoms with van der Waals surface area (Å²) in [4.78, 5) is 2.40. The lowest BCUT2D eigenvalue weighted by molar-refractivity contribution is 0.589. The number of piperazine rings is 1. The molecule has 4 nitrogen and oxygen atoms in total. The van der Waals surface area contributed by atoms with Crippen molar-refractivity contribution in [3.63, 3.8) is 0 Å². The molecule has 1 aliphatic heterocycles. The zero-order valence-electron chi connectivity index (χ0n) is 14.9. The average Bonchev–Trinajstić information content (AvgIpc) is 2.66. The van der Waals surface area contributed by atoms with E-state index in [2.05, 4.69) is 64.1 Å². The van der Waals surface area contributed by atoms with Crippen molar-refractivity contribution < 1.29 is 0 Å². The molecule has 0 aromatic heterocycles. The normalized spacial score (nSPS) is 14.2. The van der Waals surface area contributed by atoms with Crippen LogP contribution in [0.25, 0.3) is 0 Å². The molecular formula is C20H28N4. The smallest absolute Gasteiger partial charge is 0.0561 e. The van der Waals surface area contributed by atoms with Crippen molar-refractivity contribution in [1.82, 2.24) is 5.32 Å². The summed E-state index contributed by atoms with van der Waals surface area (Å²) in [7, 11) is 0. The number of nitrogens with one attached hydrogen (secondary N) is 2. The molecule has 3 rings (SSSR count). The highest BCUT2D eigenvalue weighted by atomic mass is 15.3. The molecule has 24 heavy (non-hydrogen) atoms. The highest BCUT2D eigenvalue weighted by Crippen LogP contribution is 2.15. The monoisotopic (exact) mass is 324 g/mol. The summed E-state index contributed by atoms with van der Waals surface area (Å²) in [5.41, 5.74) is 7.67. The SMILES string of the molecule is CC.Cc1ccc(NN=Cc2ccc(N3CCNCC3)cc2)cc1. The second kappa shape index (κ2) is 9.73. The van der Waals surface area contributed by atoms with Gasteiger partial charge in [0, 0.05) is 31.9 Å². The molecule has 2 aromatic carbocycles. The maximum Gasteiger partial charge on any atom is 0.0561 e. The zero-order valence-corrected chi connectivity index (χ0v) is 14.9. The summed E-state index contributed by atoms with van der Waals surface area (Å²) in [6.07, 6.45) is 1.85. The minimum Gasteiger partial charge on any atom is -0.369 e. The Hall–Kier alpha value is -2.33. The lowest BCUT2D eigenvalue weighted by atomic mass is 10.2. The Morgan fingerprint density at radius 1 is 0.958 bits per heavy atom. The van der Waals surface area contributed by atoms with E-state index in [1.165, 1.54) is 11.3 Å². The number of hydrogen-bond donors (Lipinski definition) is 2. The molecule has 1 heterocycles. The van der Waals surface area contributed by atoms with Crippen molar-refractivity contribution >= 4 is 17.6 Å². The molecule has 128 valence electrons. The Bertz CT molecular complexity index is 611. The Balaban J connectivity index is 0.00000100. The summed E-state index contributed by atoms with van der Waals surface area (Å²) >= 11 is 0. The van der Waals surface area contributed by atoms with Crippen molar-refractivity contribution in [1.29, 1.82) is 0 Å². The highest BCUT2D eigenvalue weighted by Gasteiger charge is 2.09. The van der Waals surface area contributed by atoms with Crippen LogP contribution in [-0.4, -0.2) is 32.4 Å². The van der Waals surface area contributed by atoms with Gasteiger partial charge in [0.1, 0.15) is 0 Å². The Morgan fingerprint density at radius 3 is 2.21 bits per heavy atom. The molecule has 4 heteroatoms. The zero-order chi connectivity index (χ0) is 17.2. The van der Waals surface area contributed by atoms with E-state index in [0.29, 0.717) is 0 Å². The van der Waals surface area contributed by atoms with Crippen LogP contribution >= 0.6 is 0 Å². The second-order valence-corrected chi connectivity index (χ2v) is 5.56. The number of benzene rings is 2. The molecule has 0 aliphatic carbocycles. The van der Waals surface area contributed by atoms with Crippen LogP contribution in [0.4, 0.5) is 11.4 Å². The van der Waals surface area contributed by atoms with Gasteiger partial charge in [-0.3, -0.25) is 5.43 Å². The van der Waals surface area contributed by atoms with Gasteiger partial charge in [-0.15, -0.1) is 0 Å². The Labute approximate surface area is 145 Å². The number of anilines is 2. The first kappa shape index (κ1) is 18.0. The molecule has 0 spiro atoms. The first-order valence-corrected chi connectivity index (χ1v) is 8.73. The quantitative estimate of drug-likeness (QED) is 0.662. The fraction of sp³-hybridized carbons (Fsp3) is 0.350. The van der Waals surface area contributed by atoms with Crippen LogP contribution in [0.3, 0.4) is 0 Å². The summed E-state index contributed by atoms with van der Waals surface area (Å²) in [5.74, 6) is 0. The number of nitrogens with zero attached hydrogens (tertiary/aromatic N) is 2. The van der Waals surface area contributed by atoms with Gasteiger partial charge in [-0.25, -0.2) is 0 Å². The number of rotatable bonds is 4. The van der Waals surface area contributed by atoms with Crippen molar-refractivity contribution in [2.24, 2.45) is 5.10 Å². The molecule has 0 saturated carbocycles. The summed E-state index contributed by atoms with van der Waals surface area (Å²) < 4.78 is 0. The van der Waals surface area contributed by atoms with Gasteiger partial charge in [-0.05, 0) is 36.8 Å². The van der Waals surface area contributed by atoms with Crippen LogP contribution in [-0.2, 0) is 0 Å². The van der Waals surface area contributed by atoms with E-state index in [0.717, 1.165) is 37.4 Å². The average molecular weight is 324 g/mol. The number of hydrazone groups is 1. The first-order chi connectivity index (χ1) is 11.8. The third kappa shape index (κ3) is 5.39. The van der Waals surface area contributed by atoms with Gasteiger partial charge in [0.15, 0.2) is 0 Å². The lowest BCUT2D eigenvalue weighted by Crippen LogP contribution is -2.43. The molecule has 0 radical (unpaired) electrons. The van der Waals surface area contributed by atoms with Gasteiger partial charge in [0.05, 0.1) is 11.9 Å². The van der Waals surface area contributed by atoms with Crippen LogP contribution < -0.4 is 15.6 Å². The second-order valence-electron chi connectivity index (χ2n) is 5.56. The maximum atomic E-state index is 4.29. The molecule has 1 aliphatic rings. The third-order valence-electron chi connectivity index (χ3n) is 3.83. The summed E-state index contributed by atoms with van der Waals surface area (Å²) in [6, 6.07) is 16.7. The standard InChI is InChI=1S/C18H22N4.C2H6/c1-15-2-6-17(7-3-15)21-20-14-16-4-8-18(9-5-16)22-12-10-19-11-13-22;1-2/h2-9,14,19,21H,10-13H2,1H3;1-2H3. The van der Waals surface area contributed by atoms with E-state index in [1.54, 1.807) is 0 Å². The van der Waals surface area contributed by atoms with Gasteiger partial charge in [-0.2, -0.15) is 5.10 Å². The molecule has 1 saturated heterocycles. The maximum absolute atomic E-state index is 4.29. The van der Waals surface area contributed by atoms with Gasteiger partial charge in [-0.1, -0.05) is 43.7 Å². The lowest BCUT2D eigenvalue weighted by Gasteiger charge is -2.29. The predicted molar refractivity (Wildman–Crippen MR) is 105 cm³/mol. The largest absolute Gasteiger partial charge is 0.369 e. The van der Waals surface area contributed by atoms with Crippen molar-refractivity contribution in [3.8, 4) is 0 Å².